The molecule has 1 fully saturated rings. The molecular formula is C31H31N3O5. The number of likely N-dealkylation sites (tertiary alicyclic amines) is 1. The molecule has 39 heavy (non-hydrogen) atoms. The van der Waals surface area contributed by atoms with Gasteiger partial charge >= 0.3 is 0 Å². The number of pyridine rings is 1. The lowest BCUT2D eigenvalue weighted by Gasteiger charge is -2.26. The SMILES string of the molecule is CCCOc1ccc(C2C(=C(O)c3c(C)nc4ccccn34)C(=O)C(=O)N2Cc2ccccc2)cc1OCC. The minimum absolute atomic E-state index is 0.00867. The van der Waals surface area contributed by atoms with Crippen molar-refractivity contribution in [3.05, 3.63) is 101 Å². The van der Waals surface area contributed by atoms with Crippen LogP contribution in [0.1, 0.15) is 48.8 Å². The number of aromatic nitrogens is 2. The van der Waals surface area contributed by atoms with Crippen LogP contribution in [-0.4, -0.2) is 44.3 Å². The number of hydrogen-bond donors (Lipinski definition) is 1. The van der Waals surface area contributed by atoms with E-state index in [-0.39, 0.29) is 17.9 Å². The second kappa shape index (κ2) is 11.0. The first-order valence-electron chi connectivity index (χ1n) is 13.1. The van der Waals surface area contributed by atoms with Gasteiger partial charge in [0.05, 0.1) is 30.5 Å². The molecule has 3 heterocycles. The van der Waals surface area contributed by atoms with E-state index in [2.05, 4.69) is 4.98 Å². The maximum absolute atomic E-state index is 13.6. The van der Waals surface area contributed by atoms with Gasteiger partial charge in [-0.25, -0.2) is 4.98 Å². The fourth-order valence-corrected chi connectivity index (χ4v) is 4.99. The Morgan fingerprint density at radius 2 is 1.74 bits per heavy atom. The molecule has 0 bridgehead atoms. The predicted molar refractivity (Wildman–Crippen MR) is 148 cm³/mol. The number of fused-ring (bicyclic) bond motifs is 1. The average molecular weight is 526 g/mol. The van der Waals surface area contributed by atoms with Crippen LogP contribution in [0.5, 0.6) is 11.5 Å². The lowest BCUT2D eigenvalue weighted by molar-refractivity contribution is -0.140. The van der Waals surface area contributed by atoms with Gasteiger partial charge in [-0.3, -0.25) is 14.0 Å². The van der Waals surface area contributed by atoms with E-state index in [9.17, 15) is 14.7 Å². The number of rotatable bonds is 9. The number of Topliss-reactive ketones (excluding diaryl/α,β-unsaturated/α-hetero) is 1. The first-order chi connectivity index (χ1) is 18.9. The van der Waals surface area contributed by atoms with Crippen molar-refractivity contribution >= 4 is 23.1 Å². The van der Waals surface area contributed by atoms with E-state index in [1.54, 1.807) is 29.7 Å². The summed E-state index contributed by atoms with van der Waals surface area (Å²) in [7, 11) is 0. The molecule has 0 saturated carbocycles. The van der Waals surface area contributed by atoms with Gasteiger partial charge in [0.15, 0.2) is 17.3 Å². The van der Waals surface area contributed by atoms with E-state index < -0.39 is 17.7 Å². The number of ketones is 1. The molecule has 4 aromatic rings. The highest BCUT2D eigenvalue weighted by atomic mass is 16.5. The van der Waals surface area contributed by atoms with Gasteiger partial charge in [-0.2, -0.15) is 0 Å². The molecule has 0 spiro atoms. The molecule has 1 aliphatic rings. The number of hydrogen-bond acceptors (Lipinski definition) is 6. The zero-order valence-corrected chi connectivity index (χ0v) is 22.3. The summed E-state index contributed by atoms with van der Waals surface area (Å²) in [5, 5.41) is 11.7. The number of ether oxygens (including phenoxy) is 2. The maximum Gasteiger partial charge on any atom is 0.295 e. The number of amides is 1. The van der Waals surface area contributed by atoms with Gasteiger partial charge in [0.25, 0.3) is 11.7 Å². The van der Waals surface area contributed by atoms with E-state index in [4.69, 9.17) is 9.47 Å². The van der Waals surface area contributed by atoms with E-state index in [0.29, 0.717) is 47.3 Å². The molecule has 0 radical (unpaired) electrons. The van der Waals surface area contributed by atoms with Crippen LogP contribution < -0.4 is 9.47 Å². The lowest BCUT2D eigenvalue weighted by Crippen LogP contribution is -2.29. The van der Waals surface area contributed by atoms with Gasteiger partial charge in [0.2, 0.25) is 0 Å². The minimum atomic E-state index is -0.849. The number of nitrogens with zero attached hydrogens (tertiary/aromatic N) is 3. The number of aliphatic hydroxyl groups excluding tert-OH is 1. The van der Waals surface area contributed by atoms with Crippen molar-refractivity contribution < 1.29 is 24.2 Å². The molecular weight excluding hydrogens is 494 g/mol. The number of imidazole rings is 1. The Balaban J connectivity index is 1.70. The minimum Gasteiger partial charge on any atom is -0.505 e. The van der Waals surface area contributed by atoms with Crippen LogP contribution in [0, 0.1) is 6.92 Å². The van der Waals surface area contributed by atoms with Gasteiger partial charge in [-0.1, -0.05) is 49.4 Å². The molecule has 1 saturated heterocycles. The summed E-state index contributed by atoms with van der Waals surface area (Å²) in [6.45, 7) is 6.80. The van der Waals surface area contributed by atoms with Crippen molar-refractivity contribution in [2.75, 3.05) is 13.2 Å². The monoisotopic (exact) mass is 525 g/mol. The van der Waals surface area contributed by atoms with Crippen LogP contribution >= 0.6 is 0 Å². The predicted octanol–water partition coefficient (Wildman–Crippen LogP) is 5.45. The van der Waals surface area contributed by atoms with Crippen LogP contribution in [0.4, 0.5) is 0 Å². The second-order valence-electron chi connectivity index (χ2n) is 9.37. The number of benzene rings is 2. The Morgan fingerprint density at radius 3 is 2.49 bits per heavy atom. The fourth-order valence-electron chi connectivity index (χ4n) is 4.99. The molecule has 1 amide bonds. The van der Waals surface area contributed by atoms with Crippen molar-refractivity contribution in [2.45, 2.75) is 39.8 Å². The number of aliphatic hydroxyl groups is 1. The van der Waals surface area contributed by atoms with Gasteiger partial charge in [0.1, 0.15) is 11.3 Å². The molecule has 1 N–H and O–H groups in total. The standard InChI is InChI=1S/C31H31N3O5/c1-4-17-39-23-15-14-22(18-24(23)38-5-2)28-26(29(35)27-20(3)32-25-13-9-10-16-33(25)27)30(36)31(37)34(28)19-21-11-7-6-8-12-21/h6-16,18,28,35H,4-5,17,19H2,1-3H3. The van der Waals surface area contributed by atoms with Crippen LogP contribution in [-0.2, 0) is 16.1 Å². The highest BCUT2D eigenvalue weighted by Crippen LogP contribution is 2.43. The Bertz CT molecular complexity index is 1560. The Morgan fingerprint density at radius 1 is 0.974 bits per heavy atom. The topological polar surface area (TPSA) is 93.4 Å². The molecule has 8 heteroatoms. The Labute approximate surface area is 227 Å². The molecule has 1 atom stereocenters. The quantitative estimate of drug-likeness (QED) is 0.177. The molecule has 1 aliphatic heterocycles. The average Bonchev–Trinajstić information content (AvgIpc) is 3.41. The molecule has 0 aliphatic carbocycles. The third kappa shape index (κ3) is 4.85. The Kier molecular flexibility index (Phi) is 7.36. The smallest absolute Gasteiger partial charge is 0.295 e. The fraction of sp³-hybridized carbons (Fsp3) is 0.258. The number of carbonyl (C=O) groups excluding carboxylic acids is 2. The van der Waals surface area contributed by atoms with Crippen LogP contribution in [0.3, 0.4) is 0 Å². The molecule has 8 nitrogen and oxygen atoms in total. The largest absolute Gasteiger partial charge is 0.505 e. The number of carbonyl (C=O) groups is 2. The molecule has 200 valence electrons. The van der Waals surface area contributed by atoms with Crippen LogP contribution in [0.2, 0.25) is 0 Å². The molecule has 2 aromatic heterocycles. The van der Waals surface area contributed by atoms with E-state index in [0.717, 1.165) is 12.0 Å². The van der Waals surface area contributed by atoms with E-state index in [1.165, 1.54) is 4.90 Å². The van der Waals surface area contributed by atoms with Gasteiger partial charge in [-0.15, -0.1) is 0 Å². The summed E-state index contributed by atoms with van der Waals surface area (Å²) in [4.78, 5) is 33.1. The highest BCUT2D eigenvalue weighted by Gasteiger charge is 2.46. The Hall–Kier alpha value is -4.59. The molecule has 2 aromatic carbocycles. The summed E-state index contributed by atoms with van der Waals surface area (Å²) >= 11 is 0. The normalized spacial score (nSPS) is 16.7. The first-order valence-corrected chi connectivity index (χ1v) is 13.1. The zero-order valence-electron chi connectivity index (χ0n) is 22.3. The second-order valence-corrected chi connectivity index (χ2v) is 9.37. The summed E-state index contributed by atoms with van der Waals surface area (Å²) < 4.78 is 13.5. The van der Waals surface area contributed by atoms with Crippen LogP contribution in [0.25, 0.3) is 11.4 Å². The molecule has 1 unspecified atom stereocenters. The van der Waals surface area contributed by atoms with Crippen molar-refractivity contribution in [1.29, 1.82) is 0 Å². The zero-order chi connectivity index (χ0) is 27.5. The third-order valence-corrected chi connectivity index (χ3v) is 6.71. The van der Waals surface area contributed by atoms with Crippen molar-refractivity contribution in [1.82, 2.24) is 14.3 Å². The summed E-state index contributed by atoms with van der Waals surface area (Å²) in [5.74, 6) is -0.599. The van der Waals surface area contributed by atoms with E-state index in [1.807, 2.05) is 68.4 Å². The van der Waals surface area contributed by atoms with Crippen molar-refractivity contribution in [3.8, 4) is 11.5 Å². The van der Waals surface area contributed by atoms with Gasteiger partial charge in [-0.05, 0) is 55.7 Å². The van der Waals surface area contributed by atoms with E-state index >= 15 is 0 Å². The lowest BCUT2D eigenvalue weighted by atomic mass is 9.95. The van der Waals surface area contributed by atoms with Crippen molar-refractivity contribution in [3.63, 3.8) is 0 Å². The first kappa shape index (κ1) is 26.0. The summed E-state index contributed by atoms with van der Waals surface area (Å²) in [5.41, 5.74) is 3.05. The third-order valence-electron chi connectivity index (χ3n) is 6.71. The molecule has 5 rings (SSSR count). The van der Waals surface area contributed by atoms with Gasteiger partial charge < -0.3 is 19.5 Å². The van der Waals surface area contributed by atoms with Crippen LogP contribution in [0.15, 0.2) is 78.5 Å². The highest BCUT2D eigenvalue weighted by molar-refractivity contribution is 6.46. The summed E-state index contributed by atoms with van der Waals surface area (Å²) in [6.07, 6.45) is 2.61. The summed E-state index contributed by atoms with van der Waals surface area (Å²) in [6, 6.07) is 19.5. The van der Waals surface area contributed by atoms with Gasteiger partial charge in [0, 0.05) is 12.7 Å². The van der Waals surface area contributed by atoms with Crippen molar-refractivity contribution in [2.24, 2.45) is 0 Å². The number of aryl methyl sites for hydroxylation is 1. The maximum atomic E-state index is 13.6.